The van der Waals surface area contributed by atoms with Gasteiger partial charge < -0.3 is 21.3 Å². The van der Waals surface area contributed by atoms with Crippen LogP contribution in [0.3, 0.4) is 0 Å². The lowest BCUT2D eigenvalue weighted by atomic mass is 9.97. The van der Waals surface area contributed by atoms with Crippen LogP contribution >= 0.6 is 0 Å². The Hall–Kier alpha value is -1.56. The third-order valence-electron chi connectivity index (χ3n) is 5.28. The molecule has 2 rings (SSSR count). The van der Waals surface area contributed by atoms with Crippen molar-refractivity contribution in [2.24, 2.45) is 16.6 Å². The number of aliphatic imine (C=N–C) groups is 1. The van der Waals surface area contributed by atoms with Crippen LogP contribution in [0.25, 0.3) is 0 Å². The summed E-state index contributed by atoms with van der Waals surface area (Å²) in [4.78, 5) is 18.4. The Morgan fingerprint density at radius 2 is 2.23 bits per heavy atom. The first-order valence-corrected chi connectivity index (χ1v) is 10.4. The second kappa shape index (κ2) is 11.9. The summed E-state index contributed by atoms with van der Waals surface area (Å²) in [7, 11) is 0. The number of carbonyl (C=O) groups excluding carboxylic acids is 1. The molecule has 1 aliphatic carbocycles. The van der Waals surface area contributed by atoms with Crippen molar-refractivity contribution in [2.75, 3.05) is 39.3 Å². The molecule has 0 saturated carbocycles. The molecule has 26 heavy (non-hydrogen) atoms. The maximum Gasteiger partial charge on any atom is 0.221 e. The van der Waals surface area contributed by atoms with E-state index >= 15 is 0 Å². The molecule has 1 atom stereocenters. The minimum absolute atomic E-state index is 0.0281. The topological polar surface area (TPSA) is 82.8 Å². The zero-order valence-electron chi connectivity index (χ0n) is 16.4. The van der Waals surface area contributed by atoms with Crippen LogP contribution in [0.5, 0.6) is 0 Å². The van der Waals surface area contributed by atoms with Crippen molar-refractivity contribution >= 4 is 11.9 Å². The molecule has 1 unspecified atom stereocenters. The summed E-state index contributed by atoms with van der Waals surface area (Å²) in [5.74, 6) is 0.789. The summed E-state index contributed by atoms with van der Waals surface area (Å²) in [6.07, 6.45) is 11.7. The maximum absolute atomic E-state index is 11.4. The predicted octanol–water partition coefficient (Wildman–Crippen LogP) is 2.02. The van der Waals surface area contributed by atoms with Gasteiger partial charge >= 0.3 is 0 Å². The lowest BCUT2D eigenvalue weighted by Crippen LogP contribution is -2.41. The number of nitrogens with zero attached hydrogens (tertiary/aromatic N) is 2. The molecule has 0 aromatic heterocycles. The van der Waals surface area contributed by atoms with Gasteiger partial charge in [-0.25, -0.2) is 0 Å². The summed E-state index contributed by atoms with van der Waals surface area (Å²) in [6.45, 7) is 7.59. The molecule has 1 aliphatic heterocycles. The van der Waals surface area contributed by atoms with E-state index in [2.05, 4.69) is 28.5 Å². The number of hydrogen-bond acceptors (Lipinski definition) is 3. The van der Waals surface area contributed by atoms with Crippen LogP contribution in [0.4, 0.5) is 0 Å². The fraction of sp³-hybridized carbons (Fsp3) is 0.800. The molecule has 6 nitrogen and oxygen atoms in total. The van der Waals surface area contributed by atoms with Crippen molar-refractivity contribution in [3.8, 4) is 0 Å². The quantitative estimate of drug-likeness (QED) is 0.253. The molecule has 1 amide bonds. The third kappa shape index (κ3) is 7.77. The fourth-order valence-electron chi connectivity index (χ4n) is 3.79. The molecule has 0 bridgehead atoms. The molecule has 0 spiro atoms. The molecule has 0 radical (unpaired) electrons. The average molecular weight is 364 g/mol. The number of guanidine groups is 1. The number of nitrogens with one attached hydrogen (secondary N) is 2. The normalized spacial score (nSPS) is 22.0. The van der Waals surface area contributed by atoms with Gasteiger partial charge in [-0.3, -0.25) is 9.79 Å². The second-order valence-electron chi connectivity index (χ2n) is 7.44. The lowest BCUT2D eigenvalue weighted by molar-refractivity contribution is -0.123. The number of amides is 1. The van der Waals surface area contributed by atoms with Crippen LogP contribution in [0.2, 0.25) is 0 Å². The monoisotopic (exact) mass is 363 g/mol. The lowest BCUT2D eigenvalue weighted by Gasteiger charge is -2.30. The Labute approximate surface area is 158 Å². The molecule has 1 fully saturated rings. The predicted molar refractivity (Wildman–Crippen MR) is 108 cm³/mol. The van der Waals surface area contributed by atoms with Crippen LogP contribution in [0.1, 0.15) is 58.3 Å². The van der Waals surface area contributed by atoms with Crippen molar-refractivity contribution in [3.05, 3.63) is 11.6 Å². The van der Waals surface area contributed by atoms with Crippen LogP contribution in [-0.4, -0.2) is 56.0 Å². The van der Waals surface area contributed by atoms with E-state index in [-0.39, 0.29) is 11.8 Å². The van der Waals surface area contributed by atoms with Crippen LogP contribution in [0.15, 0.2) is 16.6 Å². The Kier molecular flexibility index (Phi) is 9.53. The zero-order chi connectivity index (χ0) is 18.6. The number of rotatable bonds is 9. The van der Waals surface area contributed by atoms with Crippen molar-refractivity contribution in [1.29, 1.82) is 0 Å². The number of likely N-dealkylation sites (tertiary alicyclic amines) is 1. The second-order valence-corrected chi connectivity index (χ2v) is 7.44. The highest BCUT2D eigenvalue weighted by atomic mass is 16.1. The van der Waals surface area contributed by atoms with E-state index in [1.807, 2.05) is 0 Å². The van der Waals surface area contributed by atoms with Gasteiger partial charge in [-0.05, 0) is 71.4 Å². The zero-order valence-corrected chi connectivity index (χ0v) is 16.4. The number of nitrogens with two attached hydrogens (primary N) is 1. The van der Waals surface area contributed by atoms with Gasteiger partial charge in [-0.1, -0.05) is 11.6 Å². The highest BCUT2D eigenvalue weighted by molar-refractivity contribution is 5.79. The largest absolute Gasteiger partial charge is 0.369 e. The van der Waals surface area contributed by atoms with E-state index in [1.54, 1.807) is 5.57 Å². The molecule has 1 heterocycles. The molecule has 0 aromatic rings. The average Bonchev–Trinajstić information content (AvgIpc) is 2.66. The van der Waals surface area contributed by atoms with E-state index in [4.69, 9.17) is 10.7 Å². The molecular formula is C20H37N5O. The van der Waals surface area contributed by atoms with Crippen molar-refractivity contribution in [3.63, 3.8) is 0 Å². The van der Waals surface area contributed by atoms with Crippen molar-refractivity contribution in [1.82, 2.24) is 15.5 Å². The van der Waals surface area contributed by atoms with Crippen LogP contribution in [-0.2, 0) is 4.79 Å². The van der Waals surface area contributed by atoms with Gasteiger partial charge in [0.2, 0.25) is 5.91 Å². The molecule has 2 aliphatic rings. The highest BCUT2D eigenvalue weighted by Gasteiger charge is 2.23. The first-order chi connectivity index (χ1) is 12.7. The standard InChI is InChI=1S/C20H37N5O/c1-2-22-20(24-13-11-17-8-4-3-5-9-17)23-12-7-15-25-14-6-10-18(16-25)19(21)26/h8,18H,2-7,9-16H2,1H3,(H2,21,26)(H2,22,23,24). The van der Waals surface area contributed by atoms with Gasteiger partial charge in [0.1, 0.15) is 0 Å². The minimum atomic E-state index is -0.153. The number of hydrogen-bond donors (Lipinski definition) is 3. The van der Waals surface area contributed by atoms with Gasteiger partial charge in [0.05, 0.1) is 5.92 Å². The van der Waals surface area contributed by atoms with E-state index < -0.39 is 0 Å². The molecule has 4 N–H and O–H groups in total. The van der Waals surface area contributed by atoms with E-state index in [1.165, 1.54) is 25.7 Å². The molecule has 1 saturated heterocycles. The van der Waals surface area contributed by atoms with Crippen LogP contribution < -0.4 is 16.4 Å². The van der Waals surface area contributed by atoms with Gasteiger partial charge in [-0.2, -0.15) is 0 Å². The fourth-order valence-corrected chi connectivity index (χ4v) is 3.79. The molecule has 0 aromatic carbocycles. The number of allylic oxidation sites excluding steroid dienone is 1. The first kappa shape index (κ1) is 20.7. The maximum atomic E-state index is 11.4. The summed E-state index contributed by atoms with van der Waals surface area (Å²) in [5.41, 5.74) is 7.04. The number of primary amides is 1. The highest BCUT2D eigenvalue weighted by Crippen LogP contribution is 2.19. The SMILES string of the molecule is CCNC(=NCCCN1CCCC(C(N)=O)C1)NCCC1=CCCCC1. The van der Waals surface area contributed by atoms with Crippen LogP contribution in [0, 0.1) is 5.92 Å². The Morgan fingerprint density at radius 3 is 2.96 bits per heavy atom. The smallest absolute Gasteiger partial charge is 0.221 e. The summed E-state index contributed by atoms with van der Waals surface area (Å²) >= 11 is 0. The minimum Gasteiger partial charge on any atom is -0.369 e. The summed E-state index contributed by atoms with van der Waals surface area (Å²) in [5, 5.41) is 6.78. The van der Waals surface area contributed by atoms with E-state index in [0.29, 0.717) is 0 Å². The summed E-state index contributed by atoms with van der Waals surface area (Å²) < 4.78 is 0. The first-order valence-electron chi connectivity index (χ1n) is 10.4. The molecular weight excluding hydrogens is 326 g/mol. The Balaban J connectivity index is 1.65. The van der Waals surface area contributed by atoms with E-state index in [0.717, 1.165) is 70.9 Å². The van der Waals surface area contributed by atoms with E-state index in [9.17, 15) is 4.79 Å². The Morgan fingerprint density at radius 1 is 1.35 bits per heavy atom. The van der Waals surface area contributed by atoms with Crippen molar-refractivity contribution in [2.45, 2.75) is 58.3 Å². The van der Waals surface area contributed by atoms with Gasteiger partial charge in [0, 0.05) is 26.2 Å². The van der Waals surface area contributed by atoms with Gasteiger partial charge in [-0.15, -0.1) is 0 Å². The number of carbonyl (C=O) groups is 1. The molecule has 6 heteroatoms. The third-order valence-corrected chi connectivity index (χ3v) is 5.28. The number of piperidine rings is 1. The van der Waals surface area contributed by atoms with Gasteiger partial charge in [0.25, 0.3) is 0 Å². The molecule has 148 valence electrons. The van der Waals surface area contributed by atoms with Gasteiger partial charge in [0.15, 0.2) is 5.96 Å². The Bertz CT molecular complexity index is 489. The van der Waals surface area contributed by atoms with Crippen molar-refractivity contribution < 1.29 is 4.79 Å². The summed E-state index contributed by atoms with van der Waals surface area (Å²) in [6, 6.07) is 0.